The Balaban J connectivity index is 2.27. The summed E-state index contributed by atoms with van der Waals surface area (Å²) in [5.74, 6) is 1.82. The summed E-state index contributed by atoms with van der Waals surface area (Å²) in [5.41, 5.74) is 3.56. The van der Waals surface area contributed by atoms with Crippen molar-refractivity contribution < 1.29 is 4.74 Å². The SMILES string of the molecule is CCNCc1cc(Br)ccc1Oc1ccc(C)cc1C. The van der Waals surface area contributed by atoms with Crippen LogP contribution in [0.25, 0.3) is 0 Å². The highest BCUT2D eigenvalue weighted by molar-refractivity contribution is 9.10. The Morgan fingerprint density at radius 3 is 2.50 bits per heavy atom. The van der Waals surface area contributed by atoms with Gasteiger partial charge in [0.05, 0.1) is 0 Å². The van der Waals surface area contributed by atoms with Crippen molar-refractivity contribution in [2.24, 2.45) is 0 Å². The van der Waals surface area contributed by atoms with Crippen LogP contribution in [-0.4, -0.2) is 6.54 Å². The summed E-state index contributed by atoms with van der Waals surface area (Å²) < 4.78 is 7.15. The van der Waals surface area contributed by atoms with Gasteiger partial charge in [0.2, 0.25) is 0 Å². The molecule has 0 aliphatic heterocycles. The zero-order valence-electron chi connectivity index (χ0n) is 12.2. The highest BCUT2D eigenvalue weighted by Crippen LogP contribution is 2.30. The van der Waals surface area contributed by atoms with E-state index in [0.29, 0.717) is 0 Å². The summed E-state index contributed by atoms with van der Waals surface area (Å²) in [6.45, 7) is 8.01. The summed E-state index contributed by atoms with van der Waals surface area (Å²) in [5, 5.41) is 3.34. The maximum Gasteiger partial charge on any atom is 0.132 e. The molecule has 0 aliphatic carbocycles. The molecule has 0 spiro atoms. The van der Waals surface area contributed by atoms with Gasteiger partial charge >= 0.3 is 0 Å². The molecule has 0 aromatic heterocycles. The van der Waals surface area contributed by atoms with Crippen LogP contribution < -0.4 is 10.1 Å². The first-order chi connectivity index (χ1) is 9.60. The van der Waals surface area contributed by atoms with Gasteiger partial charge in [0.1, 0.15) is 11.5 Å². The third kappa shape index (κ3) is 3.84. The van der Waals surface area contributed by atoms with Crippen molar-refractivity contribution in [2.75, 3.05) is 6.54 Å². The summed E-state index contributed by atoms with van der Waals surface area (Å²) in [4.78, 5) is 0. The number of rotatable bonds is 5. The first kappa shape index (κ1) is 15.1. The lowest BCUT2D eigenvalue weighted by molar-refractivity contribution is 0.469. The monoisotopic (exact) mass is 333 g/mol. The zero-order valence-corrected chi connectivity index (χ0v) is 13.8. The molecule has 0 bridgehead atoms. The van der Waals surface area contributed by atoms with E-state index in [1.165, 1.54) is 5.56 Å². The fourth-order valence-electron chi connectivity index (χ4n) is 2.08. The molecule has 20 heavy (non-hydrogen) atoms. The normalized spacial score (nSPS) is 10.6. The molecular weight excluding hydrogens is 314 g/mol. The van der Waals surface area contributed by atoms with Crippen LogP contribution in [-0.2, 0) is 6.54 Å². The molecule has 0 saturated carbocycles. The summed E-state index contributed by atoms with van der Waals surface area (Å²) in [6, 6.07) is 12.4. The lowest BCUT2D eigenvalue weighted by atomic mass is 10.1. The van der Waals surface area contributed by atoms with Gasteiger partial charge in [-0.15, -0.1) is 0 Å². The highest BCUT2D eigenvalue weighted by atomic mass is 79.9. The Morgan fingerprint density at radius 1 is 1.05 bits per heavy atom. The lowest BCUT2D eigenvalue weighted by Crippen LogP contribution is -2.12. The molecule has 2 aromatic rings. The van der Waals surface area contributed by atoms with Crippen LogP contribution in [0.5, 0.6) is 11.5 Å². The van der Waals surface area contributed by atoms with E-state index in [9.17, 15) is 0 Å². The van der Waals surface area contributed by atoms with Crippen LogP contribution in [0.2, 0.25) is 0 Å². The average Bonchev–Trinajstić information content (AvgIpc) is 2.41. The molecule has 1 N–H and O–H groups in total. The van der Waals surface area contributed by atoms with E-state index < -0.39 is 0 Å². The van der Waals surface area contributed by atoms with Crippen molar-refractivity contribution in [1.82, 2.24) is 5.32 Å². The van der Waals surface area contributed by atoms with Gasteiger partial charge in [0.15, 0.2) is 0 Å². The van der Waals surface area contributed by atoms with E-state index in [0.717, 1.165) is 40.2 Å². The van der Waals surface area contributed by atoms with Gasteiger partial charge in [-0.2, -0.15) is 0 Å². The van der Waals surface area contributed by atoms with Gasteiger partial charge in [0, 0.05) is 16.6 Å². The lowest BCUT2D eigenvalue weighted by Gasteiger charge is -2.14. The molecule has 2 aromatic carbocycles. The Labute approximate surface area is 129 Å². The number of benzene rings is 2. The molecule has 0 aliphatic rings. The molecule has 0 unspecified atom stereocenters. The number of hydrogen-bond acceptors (Lipinski definition) is 2. The van der Waals surface area contributed by atoms with Crippen LogP contribution in [0.4, 0.5) is 0 Å². The highest BCUT2D eigenvalue weighted by Gasteiger charge is 2.07. The van der Waals surface area contributed by atoms with Crippen molar-refractivity contribution in [3.8, 4) is 11.5 Å². The minimum atomic E-state index is 0.802. The zero-order chi connectivity index (χ0) is 14.5. The van der Waals surface area contributed by atoms with Crippen molar-refractivity contribution in [2.45, 2.75) is 27.3 Å². The Kier molecular flexibility index (Phi) is 5.21. The molecule has 2 rings (SSSR count). The number of halogens is 1. The van der Waals surface area contributed by atoms with Gasteiger partial charge in [-0.25, -0.2) is 0 Å². The third-order valence-corrected chi connectivity index (χ3v) is 3.63. The molecular formula is C17H20BrNO. The Bertz CT molecular complexity index is 596. The Hall–Kier alpha value is -1.32. The molecule has 0 fully saturated rings. The van der Waals surface area contributed by atoms with Gasteiger partial charge in [-0.1, -0.05) is 40.5 Å². The summed E-state index contributed by atoms with van der Waals surface area (Å²) in [7, 11) is 0. The predicted octanol–water partition coefficient (Wildman–Crippen LogP) is 4.97. The predicted molar refractivity (Wildman–Crippen MR) is 87.5 cm³/mol. The molecule has 106 valence electrons. The van der Waals surface area contributed by atoms with Gasteiger partial charge < -0.3 is 10.1 Å². The number of hydrogen-bond donors (Lipinski definition) is 1. The second-order valence-corrected chi connectivity index (χ2v) is 5.82. The standard InChI is InChI=1S/C17H20BrNO/c1-4-19-11-14-10-15(18)6-8-17(14)20-16-7-5-12(2)9-13(16)3/h5-10,19H,4,11H2,1-3H3. The van der Waals surface area contributed by atoms with Gasteiger partial charge in [-0.05, 0) is 50.2 Å². The fourth-order valence-corrected chi connectivity index (χ4v) is 2.49. The van der Waals surface area contributed by atoms with E-state index in [1.807, 2.05) is 18.2 Å². The van der Waals surface area contributed by atoms with Gasteiger partial charge in [0.25, 0.3) is 0 Å². The minimum Gasteiger partial charge on any atom is -0.457 e. The van der Waals surface area contributed by atoms with Crippen LogP contribution in [0.15, 0.2) is 40.9 Å². The molecule has 0 saturated heterocycles. The average molecular weight is 334 g/mol. The maximum atomic E-state index is 6.09. The first-order valence-electron chi connectivity index (χ1n) is 6.84. The van der Waals surface area contributed by atoms with Crippen molar-refractivity contribution in [3.63, 3.8) is 0 Å². The molecule has 0 heterocycles. The topological polar surface area (TPSA) is 21.3 Å². The molecule has 0 amide bonds. The number of aryl methyl sites for hydroxylation is 2. The molecule has 0 radical (unpaired) electrons. The quantitative estimate of drug-likeness (QED) is 0.834. The summed E-state index contributed by atoms with van der Waals surface area (Å²) >= 11 is 3.51. The van der Waals surface area contributed by atoms with E-state index in [1.54, 1.807) is 0 Å². The van der Waals surface area contributed by atoms with E-state index in [4.69, 9.17) is 4.74 Å². The second kappa shape index (κ2) is 6.91. The van der Waals surface area contributed by atoms with E-state index >= 15 is 0 Å². The smallest absolute Gasteiger partial charge is 0.132 e. The minimum absolute atomic E-state index is 0.802. The molecule has 3 heteroatoms. The van der Waals surface area contributed by atoms with Crippen LogP contribution >= 0.6 is 15.9 Å². The number of ether oxygens (including phenoxy) is 1. The fraction of sp³-hybridized carbons (Fsp3) is 0.294. The largest absolute Gasteiger partial charge is 0.457 e. The van der Waals surface area contributed by atoms with Crippen molar-refractivity contribution >= 4 is 15.9 Å². The Morgan fingerprint density at radius 2 is 1.80 bits per heavy atom. The van der Waals surface area contributed by atoms with Crippen molar-refractivity contribution in [1.29, 1.82) is 0 Å². The van der Waals surface area contributed by atoms with E-state index in [2.05, 4.69) is 60.2 Å². The first-order valence-corrected chi connectivity index (χ1v) is 7.63. The van der Waals surface area contributed by atoms with E-state index in [-0.39, 0.29) is 0 Å². The second-order valence-electron chi connectivity index (χ2n) is 4.90. The molecule has 2 nitrogen and oxygen atoms in total. The van der Waals surface area contributed by atoms with Crippen molar-refractivity contribution in [3.05, 3.63) is 57.6 Å². The van der Waals surface area contributed by atoms with Crippen LogP contribution in [0.1, 0.15) is 23.6 Å². The summed E-state index contributed by atoms with van der Waals surface area (Å²) in [6.07, 6.45) is 0. The maximum absolute atomic E-state index is 6.09. The van der Waals surface area contributed by atoms with Crippen LogP contribution in [0, 0.1) is 13.8 Å². The third-order valence-electron chi connectivity index (χ3n) is 3.14. The number of nitrogens with one attached hydrogen (secondary N) is 1. The molecule has 0 atom stereocenters. The van der Waals surface area contributed by atoms with Gasteiger partial charge in [-0.3, -0.25) is 0 Å². The van der Waals surface area contributed by atoms with Crippen LogP contribution in [0.3, 0.4) is 0 Å².